The van der Waals surface area contributed by atoms with Crippen molar-refractivity contribution < 1.29 is 4.74 Å². The van der Waals surface area contributed by atoms with Crippen LogP contribution in [0.1, 0.15) is 26.3 Å². The Hall–Kier alpha value is -1.06. The van der Waals surface area contributed by atoms with Gasteiger partial charge in [0.2, 0.25) is 0 Å². The fourth-order valence-electron chi connectivity index (χ4n) is 3.15. The lowest BCUT2D eigenvalue weighted by Crippen LogP contribution is -2.58. The van der Waals surface area contributed by atoms with Crippen LogP contribution in [0.4, 0.5) is 5.69 Å². The summed E-state index contributed by atoms with van der Waals surface area (Å²) >= 11 is 0. The van der Waals surface area contributed by atoms with Gasteiger partial charge >= 0.3 is 0 Å². The highest BCUT2D eigenvalue weighted by Gasteiger charge is 2.29. The van der Waals surface area contributed by atoms with Crippen LogP contribution >= 0.6 is 0 Å². The van der Waals surface area contributed by atoms with Crippen molar-refractivity contribution in [2.75, 3.05) is 44.3 Å². The summed E-state index contributed by atoms with van der Waals surface area (Å²) in [7, 11) is 0. The molecule has 2 saturated heterocycles. The van der Waals surface area contributed by atoms with Gasteiger partial charge in [0.1, 0.15) is 0 Å². The zero-order chi connectivity index (χ0) is 14.2. The van der Waals surface area contributed by atoms with Gasteiger partial charge in [-0.25, -0.2) is 0 Å². The van der Waals surface area contributed by atoms with E-state index in [1.807, 2.05) is 0 Å². The number of nitrogens with zero attached hydrogens (tertiary/aromatic N) is 2. The summed E-state index contributed by atoms with van der Waals surface area (Å²) < 4.78 is 5.62. The molecule has 0 amide bonds. The van der Waals surface area contributed by atoms with Crippen LogP contribution in [0.2, 0.25) is 0 Å². The van der Waals surface area contributed by atoms with Crippen molar-refractivity contribution in [3.63, 3.8) is 0 Å². The minimum atomic E-state index is 0.231. The molecule has 20 heavy (non-hydrogen) atoms. The van der Waals surface area contributed by atoms with Gasteiger partial charge in [0.25, 0.3) is 0 Å². The summed E-state index contributed by atoms with van der Waals surface area (Å²) in [5, 5.41) is 0. The van der Waals surface area contributed by atoms with Crippen LogP contribution in [0.25, 0.3) is 0 Å². The van der Waals surface area contributed by atoms with E-state index in [4.69, 9.17) is 4.74 Å². The van der Waals surface area contributed by atoms with E-state index in [0.29, 0.717) is 6.04 Å². The van der Waals surface area contributed by atoms with Crippen molar-refractivity contribution in [2.24, 2.45) is 0 Å². The van der Waals surface area contributed by atoms with E-state index in [2.05, 4.69) is 54.8 Å². The summed E-state index contributed by atoms with van der Waals surface area (Å²) in [6, 6.07) is 9.68. The zero-order valence-electron chi connectivity index (χ0n) is 12.9. The van der Waals surface area contributed by atoms with Gasteiger partial charge in [-0.05, 0) is 23.1 Å². The molecule has 3 heteroatoms. The quantitative estimate of drug-likeness (QED) is 0.782. The highest BCUT2D eigenvalue weighted by molar-refractivity contribution is 5.49. The van der Waals surface area contributed by atoms with Crippen LogP contribution in [-0.2, 0) is 10.2 Å². The molecule has 3 nitrogen and oxygen atoms in total. The second-order valence-corrected chi connectivity index (χ2v) is 7.01. The maximum absolute atomic E-state index is 5.62. The van der Waals surface area contributed by atoms with Gasteiger partial charge in [-0.15, -0.1) is 0 Å². The lowest BCUT2D eigenvalue weighted by molar-refractivity contribution is -0.0116. The predicted molar refractivity (Wildman–Crippen MR) is 83.5 cm³/mol. The summed E-state index contributed by atoms with van der Waals surface area (Å²) in [5.74, 6) is 0. The Morgan fingerprint density at radius 2 is 1.80 bits per heavy atom. The van der Waals surface area contributed by atoms with E-state index in [1.165, 1.54) is 11.3 Å². The number of piperazine rings is 1. The normalized spacial score (nSPS) is 24.6. The van der Waals surface area contributed by atoms with Crippen molar-refractivity contribution in [1.82, 2.24) is 4.90 Å². The standard InChI is InChI=1S/C17H26N2O/c1-17(2,3)14-4-6-15(7-5-14)19-9-8-18-10-11-20-13-16(18)12-19/h4-7,16H,8-13H2,1-3H3/t16-/m0/s1. The van der Waals surface area contributed by atoms with Gasteiger partial charge in [0.05, 0.1) is 19.3 Å². The van der Waals surface area contributed by atoms with Gasteiger partial charge in [0, 0.05) is 31.9 Å². The van der Waals surface area contributed by atoms with Crippen LogP contribution in [0.3, 0.4) is 0 Å². The Morgan fingerprint density at radius 1 is 1.05 bits per heavy atom. The van der Waals surface area contributed by atoms with E-state index in [9.17, 15) is 0 Å². The number of hydrogen-bond acceptors (Lipinski definition) is 3. The first-order valence-corrected chi connectivity index (χ1v) is 7.71. The van der Waals surface area contributed by atoms with Crippen LogP contribution in [0.15, 0.2) is 24.3 Å². The molecular weight excluding hydrogens is 248 g/mol. The first kappa shape index (κ1) is 13.9. The van der Waals surface area contributed by atoms with E-state index in [1.54, 1.807) is 0 Å². The molecule has 1 aromatic rings. The van der Waals surface area contributed by atoms with Crippen molar-refractivity contribution in [2.45, 2.75) is 32.2 Å². The van der Waals surface area contributed by atoms with Gasteiger partial charge in [-0.1, -0.05) is 32.9 Å². The largest absolute Gasteiger partial charge is 0.378 e. The molecule has 1 aromatic carbocycles. The molecular formula is C17H26N2O. The summed E-state index contributed by atoms with van der Waals surface area (Å²) in [6.45, 7) is 13.1. The predicted octanol–water partition coefficient (Wildman–Crippen LogP) is 2.50. The molecule has 0 radical (unpaired) electrons. The van der Waals surface area contributed by atoms with Crippen LogP contribution in [-0.4, -0.2) is 50.3 Å². The number of benzene rings is 1. The molecule has 0 aromatic heterocycles. The minimum absolute atomic E-state index is 0.231. The highest BCUT2D eigenvalue weighted by Crippen LogP contribution is 2.26. The first-order valence-electron chi connectivity index (χ1n) is 7.71. The number of hydrogen-bond donors (Lipinski definition) is 0. The molecule has 2 aliphatic rings. The Kier molecular flexibility index (Phi) is 3.74. The topological polar surface area (TPSA) is 15.7 Å². The number of ether oxygens (including phenoxy) is 1. The van der Waals surface area contributed by atoms with Gasteiger partial charge in [-0.2, -0.15) is 0 Å². The number of anilines is 1. The smallest absolute Gasteiger partial charge is 0.0639 e. The third-order valence-corrected chi connectivity index (χ3v) is 4.54. The highest BCUT2D eigenvalue weighted by atomic mass is 16.5. The summed E-state index contributed by atoms with van der Waals surface area (Å²) in [4.78, 5) is 5.08. The lowest BCUT2D eigenvalue weighted by atomic mass is 9.87. The molecule has 0 aliphatic carbocycles. The fraction of sp³-hybridized carbons (Fsp3) is 0.647. The molecule has 0 saturated carbocycles. The van der Waals surface area contributed by atoms with Gasteiger partial charge < -0.3 is 9.64 Å². The second kappa shape index (κ2) is 5.38. The first-order chi connectivity index (χ1) is 9.54. The monoisotopic (exact) mass is 274 g/mol. The average molecular weight is 274 g/mol. The number of fused-ring (bicyclic) bond motifs is 1. The average Bonchev–Trinajstić information content (AvgIpc) is 2.46. The third-order valence-electron chi connectivity index (χ3n) is 4.54. The molecule has 1 atom stereocenters. The zero-order valence-corrected chi connectivity index (χ0v) is 12.9. The molecule has 2 aliphatic heterocycles. The van der Waals surface area contributed by atoms with E-state index in [-0.39, 0.29) is 5.41 Å². The molecule has 3 rings (SSSR count). The van der Waals surface area contributed by atoms with Crippen LogP contribution in [0, 0.1) is 0 Å². The summed E-state index contributed by atoms with van der Waals surface area (Å²) in [6.07, 6.45) is 0. The molecule has 2 fully saturated rings. The molecule has 0 N–H and O–H groups in total. The maximum Gasteiger partial charge on any atom is 0.0639 e. The van der Waals surface area contributed by atoms with Crippen molar-refractivity contribution in [3.8, 4) is 0 Å². The summed E-state index contributed by atoms with van der Waals surface area (Å²) in [5.41, 5.74) is 2.98. The van der Waals surface area contributed by atoms with Crippen molar-refractivity contribution in [3.05, 3.63) is 29.8 Å². The number of morpholine rings is 1. The molecule has 2 heterocycles. The van der Waals surface area contributed by atoms with Crippen molar-refractivity contribution >= 4 is 5.69 Å². The Balaban J connectivity index is 1.70. The molecule has 0 bridgehead atoms. The van der Waals surface area contributed by atoms with Crippen molar-refractivity contribution in [1.29, 1.82) is 0 Å². The van der Waals surface area contributed by atoms with E-state index < -0.39 is 0 Å². The Bertz CT molecular complexity index is 449. The Morgan fingerprint density at radius 3 is 2.50 bits per heavy atom. The SMILES string of the molecule is CC(C)(C)c1ccc(N2CCN3CCOC[C@@H]3C2)cc1. The van der Waals surface area contributed by atoms with E-state index >= 15 is 0 Å². The second-order valence-electron chi connectivity index (χ2n) is 7.01. The molecule has 0 spiro atoms. The lowest BCUT2D eigenvalue weighted by Gasteiger charge is -2.44. The third kappa shape index (κ3) is 2.84. The fourth-order valence-corrected chi connectivity index (χ4v) is 3.15. The maximum atomic E-state index is 5.62. The minimum Gasteiger partial charge on any atom is -0.378 e. The molecule has 110 valence electrons. The van der Waals surface area contributed by atoms with Gasteiger partial charge in [-0.3, -0.25) is 4.90 Å². The van der Waals surface area contributed by atoms with Gasteiger partial charge in [0.15, 0.2) is 0 Å². The Labute approximate surface area is 122 Å². The van der Waals surface area contributed by atoms with Crippen LogP contribution in [0.5, 0.6) is 0 Å². The number of rotatable bonds is 1. The molecule has 0 unspecified atom stereocenters. The van der Waals surface area contributed by atoms with Crippen LogP contribution < -0.4 is 4.90 Å². The van der Waals surface area contributed by atoms with E-state index in [0.717, 1.165) is 39.4 Å².